The second-order valence-corrected chi connectivity index (χ2v) is 14.5. The number of fused-ring (bicyclic) bond motifs is 9. The van der Waals surface area contributed by atoms with Crippen molar-refractivity contribution in [2.24, 2.45) is 0 Å². The van der Waals surface area contributed by atoms with Crippen LogP contribution in [0.5, 0.6) is 0 Å². The van der Waals surface area contributed by atoms with E-state index in [4.69, 9.17) is 4.42 Å². The lowest BCUT2D eigenvalue weighted by Crippen LogP contribution is -2.17. The van der Waals surface area contributed by atoms with E-state index in [1.54, 1.807) is 0 Å². The van der Waals surface area contributed by atoms with Crippen LogP contribution in [-0.4, -0.2) is 0 Å². The summed E-state index contributed by atoms with van der Waals surface area (Å²) >= 11 is 0. The Bertz CT molecular complexity index is 3240. The lowest BCUT2D eigenvalue weighted by molar-refractivity contribution is 0.673. The summed E-state index contributed by atoms with van der Waals surface area (Å²) in [7, 11) is 0. The molecule has 11 aromatic rings. The van der Waals surface area contributed by atoms with Crippen molar-refractivity contribution >= 4 is 76.4 Å². The van der Waals surface area contributed by atoms with E-state index in [9.17, 15) is 0 Å². The van der Waals surface area contributed by atoms with Crippen molar-refractivity contribution in [3.05, 3.63) is 206 Å². The summed E-state index contributed by atoms with van der Waals surface area (Å²) in [6, 6.07) is 72.5. The molecule has 10 aromatic carbocycles. The van der Waals surface area contributed by atoms with Crippen molar-refractivity contribution in [2.75, 3.05) is 4.90 Å². The maximum atomic E-state index is 6.83. The van der Waals surface area contributed by atoms with Crippen LogP contribution in [0.1, 0.15) is 5.56 Å². The molecule has 0 bridgehead atoms. The molecule has 1 aromatic heterocycles. The molecule has 0 N–H and O–H groups in total. The summed E-state index contributed by atoms with van der Waals surface area (Å²) in [6.07, 6.45) is 0. The van der Waals surface area contributed by atoms with Crippen LogP contribution in [0.25, 0.3) is 87.3 Å². The number of hydrogen-bond donors (Lipinski definition) is 0. The van der Waals surface area contributed by atoms with E-state index in [0.717, 1.165) is 38.6 Å². The average Bonchev–Trinajstić information content (AvgIpc) is 3.65. The quantitative estimate of drug-likeness (QED) is 0.161. The highest BCUT2D eigenvalue weighted by atomic mass is 16.3. The van der Waals surface area contributed by atoms with Crippen LogP contribution in [0, 0.1) is 0 Å². The van der Waals surface area contributed by atoms with E-state index in [-0.39, 0.29) is 0 Å². The highest BCUT2D eigenvalue weighted by Crippen LogP contribution is 2.42. The van der Waals surface area contributed by atoms with Gasteiger partial charge in [-0.3, -0.25) is 0 Å². The molecule has 0 fully saturated rings. The molecule has 0 radical (unpaired) electrons. The molecule has 0 amide bonds. The molecule has 258 valence electrons. The molecule has 0 saturated heterocycles. The maximum Gasteiger partial charge on any atom is 0.143 e. The Balaban J connectivity index is 1.03. The molecular weight excluding hydrogens is 667 g/mol. The van der Waals surface area contributed by atoms with Crippen molar-refractivity contribution in [1.82, 2.24) is 0 Å². The predicted molar refractivity (Wildman–Crippen MR) is 233 cm³/mol. The fraction of sp³-hybridized carbons (Fsp3) is 0.0189. The maximum absolute atomic E-state index is 6.83. The average molecular weight is 702 g/mol. The van der Waals surface area contributed by atoms with Crippen molar-refractivity contribution in [3.63, 3.8) is 0 Å². The van der Waals surface area contributed by atoms with Crippen molar-refractivity contribution in [2.45, 2.75) is 6.54 Å². The Hall–Kier alpha value is -7.16. The van der Waals surface area contributed by atoms with Gasteiger partial charge >= 0.3 is 0 Å². The first-order chi connectivity index (χ1) is 27.3. The van der Waals surface area contributed by atoms with Crippen LogP contribution in [0.2, 0.25) is 0 Å². The summed E-state index contributed by atoms with van der Waals surface area (Å²) in [5.41, 5.74) is 10.1. The first kappa shape index (κ1) is 31.4. The monoisotopic (exact) mass is 701 g/mol. The third-order valence-corrected chi connectivity index (χ3v) is 11.3. The molecule has 2 heteroatoms. The normalized spacial score (nSPS) is 11.7. The first-order valence-electron chi connectivity index (χ1n) is 19.0. The highest BCUT2D eigenvalue weighted by Gasteiger charge is 2.19. The molecule has 1 heterocycles. The fourth-order valence-corrected chi connectivity index (χ4v) is 8.62. The van der Waals surface area contributed by atoms with Crippen LogP contribution in [0.4, 0.5) is 11.4 Å². The van der Waals surface area contributed by atoms with Crippen LogP contribution in [-0.2, 0) is 6.54 Å². The molecule has 2 nitrogen and oxygen atoms in total. The van der Waals surface area contributed by atoms with E-state index in [2.05, 4.69) is 205 Å². The minimum atomic E-state index is 0.673. The van der Waals surface area contributed by atoms with Gasteiger partial charge in [0.05, 0.1) is 0 Å². The van der Waals surface area contributed by atoms with Crippen LogP contribution in [0.15, 0.2) is 205 Å². The van der Waals surface area contributed by atoms with Gasteiger partial charge in [-0.05, 0) is 84.9 Å². The lowest BCUT2D eigenvalue weighted by Gasteiger charge is -2.28. The van der Waals surface area contributed by atoms with Gasteiger partial charge in [-0.15, -0.1) is 0 Å². The summed E-state index contributed by atoms with van der Waals surface area (Å²) in [6.45, 7) is 0.673. The molecule has 0 aliphatic carbocycles. The molecule has 0 aliphatic heterocycles. The van der Waals surface area contributed by atoms with Gasteiger partial charge in [0.25, 0.3) is 0 Å². The molecule has 0 atom stereocenters. The number of rotatable bonds is 6. The molecule has 55 heavy (non-hydrogen) atoms. The Kier molecular flexibility index (Phi) is 7.28. The minimum absolute atomic E-state index is 0.673. The Morgan fingerprint density at radius 2 is 0.891 bits per heavy atom. The van der Waals surface area contributed by atoms with Crippen LogP contribution < -0.4 is 4.90 Å². The Labute approximate surface area is 319 Å². The highest BCUT2D eigenvalue weighted by molar-refractivity contribution is 6.17. The first-order valence-corrected chi connectivity index (χ1v) is 19.0. The topological polar surface area (TPSA) is 16.4 Å². The molecule has 0 aliphatic rings. The zero-order chi connectivity index (χ0) is 36.3. The van der Waals surface area contributed by atoms with Gasteiger partial charge in [-0.1, -0.05) is 170 Å². The van der Waals surface area contributed by atoms with Gasteiger partial charge in [-0.25, -0.2) is 0 Å². The van der Waals surface area contributed by atoms with Gasteiger partial charge in [0.15, 0.2) is 0 Å². The zero-order valence-electron chi connectivity index (χ0n) is 30.1. The Morgan fingerprint density at radius 1 is 0.345 bits per heavy atom. The summed E-state index contributed by atoms with van der Waals surface area (Å²) < 4.78 is 6.83. The van der Waals surface area contributed by atoms with Gasteiger partial charge in [0, 0.05) is 45.0 Å². The van der Waals surface area contributed by atoms with E-state index in [0.29, 0.717) is 6.54 Å². The number of anilines is 2. The van der Waals surface area contributed by atoms with E-state index in [1.165, 1.54) is 65.6 Å². The van der Waals surface area contributed by atoms with E-state index < -0.39 is 0 Å². The van der Waals surface area contributed by atoms with Gasteiger partial charge in [0.2, 0.25) is 0 Å². The predicted octanol–water partition coefficient (Wildman–Crippen LogP) is 14.9. The summed E-state index contributed by atoms with van der Waals surface area (Å²) in [5.74, 6) is 0. The van der Waals surface area contributed by atoms with Gasteiger partial charge < -0.3 is 9.32 Å². The molecule has 0 spiro atoms. The van der Waals surface area contributed by atoms with Crippen molar-refractivity contribution < 1.29 is 4.42 Å². The molecule has 0 unspecified atom stereocenters. The fourth-order valence-electron chi connectivity index (χ4n) is 8.62. The second-order valence-electron chi connectivity index (χ2n) is 14.5. The minimum Gasteiger partial charge on any atom is -0.455 e. The smallest absolute Gasteiger partial charge is 0.143 e. The number of furan rings is 1. The molecule has 0 saturated carbocycles. The van der Waals surface area contributed by atoms with Crippen molar-refractivity contribution in [1.29, 1.82) is 0 Å². The zero-order valence-corrected chi connectivity index (χ0v) is 30.1. The summed E-state index contributed by atoms with van der Waals surface area (Å²) in [5, 5.41) is 12.1. The SMILES string of the molecule is c1ccc(-c2cccc3c2oc2c4ccccc4ccc32)c(CN(c2ccc(-c3ccc4c(ccc5ccccc54)c3)cc2)c2cccc3ccccc23)c1. The molecular formula is C53H35NO. The Morgan fingerprint density at radius 3 is 1.75 bits per heavy atom. The standard InChI is InChI=1S/C53H35NO/c1-5-16-43-37(12-1)23-24-40-33-39(28-31-45(40)43)35-25-29-42(30-26-35)54(51-22-9-15-36-11-2-7-18-46(36)51)34-41-14-4-6-17-44(41)48-20-10-21-49-50-32-27-38-13-3-8-19-47(38)52(50)55-53(48)49/h1-33H,34H2. The van der Waals surface area contributed by atoms with Crippen molar-refractivity contribution in [3.8, 4) is 22.3 Å². The number of benzene rings is 10. The third-order valence-electron chi connectivity index (χ3n) is 11.3. The molecule has 11 rings (SSSR count). The van der Waals surface area contributed by atoms with E-state index in [1.807, 2.05) is 0 Å². The van der Waals surface area contributed by atoms with Crippen LogP contribution in [0.3, 0.4) is 0 Å². The third kappa shape index (κ3) is 5.26. The number of nitrogens with zero attached hydrogens (tertiary/aromatic N) is 1. The lowest BCUT2D eigenvalue weighted by atomic mass is 9.96. The summed E-state index contributed by atoms with van der Waals surface area (Å²) in [4.78, 5) is 2.46. The van der Waals surface area contributed by atoms with Gasteiger partial charge in [-0.2, -0.15) is 0 Å². The van der Waals surface area contributed by atoms with Crippen LogP contribution >= 0.6 is 0 Å². The second kappa shape index (κ2) is 12.8. The number of hydrogen-bond acceptors (Lipinski definition) is 2. The van der Waals surface area contributed by atoms with Gasteiger partial charge in [0.1, 0.15) is 11.2 Å². The number of para-hydroxylation sites is 1. The van der Waals surface area contributed by atoms with E-state index >= 15 is 0 Å². The largest absolute Gasteiger partial charge is 0.455 e.